The summed E-state index contributed by atoms with van der Waals surface area (Å²) >= 11 is 0. The lowest BCUT2D eigenvalue weighted by Gasteiger charge is -2.33. The Morgan fingerprint density at radius 2 is 1.79 bits per heavy atom. The van der Waals surface area contributed by atoms with Crippen LogP contribution >= 0.6 is 0 Å². The number of halogens is 1. The van der Waals surface area contributed by atoms with Crippen molar-refractivity contribution in [3.63, 3.8) is 0 Å². The summed E-state index contributed by atoms with van der Waals surface area (Å²) in [5, 5.41) is 4.36. The van der Waals surface area contributed by atoms with Crippen molar-refractivity contribution in [3.8, 4) is 0 Å². The number of pyridine rings is 2. The molecule has 0 atom stereocenters. The fourth-order valence-corrected chi connectivity index (χ4v) is 3.60. The van der Waals surface area contributed by atoms with E-state index in [2.05, 4.69) is 38.2 Å². The van der Waals surface area contributed by atoms with Crippen LogP contribution in [0.4, 0.5) is 21.7 Å². The lowest BCUT2D eigenvalue weighted by atomic mass is 10.2. The topological polar surface area (TPSA) is 57.4 Å². The number of hydrogen-bond acceptors (Lipinski definition) is 6. The Morgan fingerprint density at radius 3 is 2.57 bits per heavy atom. The number of fused-ring (bicyclic) bond motifs is 3. The first kappa shape index (κ1) is 16.9. The third kappa shape index (κ3) is 3.03. The van der Waals surface area contributed by atoms with E-state index in [0.29, 0.717) is 33.6 Å². The van der Waals surface area contributed by atoms with Gasteiger partial charge in [-0.05, 0) is 37.4 Å². The van der Waals surface area contributed by atoms with Gasteiger partial charge in [0.2, 0.25) is 0 Å². The highest BCUT2D eigenvalue weighted by Gasteiger charge is 2.15. The van der Waals surface area contributed by atoms with Gasteiger partial charge < -0.3 is 19.5 Å². The maximum absolute atomic E-state index is 14.2. The molecule has 1 aliphatic rings. The molecule has 142 valence electrons. The molecule has 4 heterocycles. The van der Waals surface area contributed by atoms with Crippen molar-refractivity contribution < 1.29 is 8.81 Å². The summed E-state index contributed by atoms with van der Waals surface area (Å²) in [5.41, 5.74) is 2.19. The highest BCUT2D eigenvalue weighted by Crippen LogP contribution is 2.32. The molecule has 3 aromatic heterocycles. The molecule has 5 rings (SSSR count). The SMILES string of the molecule is CN1CCN(c2ccc(Nc3cc4c(cn3)oc3cccc(F)c34)nc2)CC1. The minimum Gasteiger partial charge on any atom is -0.454 e. The van der Waals surface area contributed by atoms with Gasteiger partial charge in [-0.2, -0.15) is 0 Å². The van der Waals surface area contributed by atoms with Crippen LogP contribution in [0.15, 0.2) is 53.2 Å². The smallest absolute Gasteiger partial charge is 0.153 e. The van der Waals surface area contributed by atoms with Crippen LogP contribution in [0, 0.1) is 5.82 Å². The van der Waals surface area contributed by atoms with Crippen LogP contribution in [0.1, 0.15) is 0 Å². The highest BCUT2D eigenvalue weighted by molar-refractivity contribution is 6.05. The first-order valence-electron chi connectivity index (χ1n) is 9.31. The summed E-state index contributed by atoms with van der Waals surface area (Å²) in [4.78, 5) is 13.5. The van der Waals surface area contributed by atoms with Gasteiger partial charge >= 0.3 is 0 Å². The average molecular weight is 377 g/mol. The number of likely N-dealkylation sites (N-methyl/N-ethyl adjacent to an activating group) is 1. The van der Waals surface area contributed by atoms with Gasteiger partial charge in [-0.15, -0.1) is 0 Å². The second-order valence-corrected chi connectivity index (χ2v) is 7.10. The molecule has 0 saturated carbocycles. The number of nitrogens with one attached hydrogen (secondary N) is 1. The summed E-state index contributed by atoms with van der Waals surface area (Å²) in [6.07, 6.45) is 3.48. The van der Waals surface area contributed by atoms with Crippen molar-refractivity contribution >= 4 is 39.3 Å². The van der Waals surface area contributed by atoms with Crippen LogP contribution in [-0.2, 0) is 0 Å². The number of benzene rings is 1. The first-order chi connectivity index (χ1) is 13.7. The molecule has 1 N–H and O–H groups in total. The maximum Gasteiger partial charge on any atom is 0.153 e. The summed E-state index contributed by atoms with van der Waals surface area (Å²) in [6, 6.07) is 10.6. The fraction of sp³-hybridized carbons (Fsp3) is 0.238. The van der Waals surface area contributed by atoms with Crippen LogP contribution in [0.2, 0.25) is 0 Å². The molecule has 6 nitrogen and oxygen atoms in total. The van der Waals surface area contributed by atoms with E-state index in [-0.39, 0.29) is 5.82 Å². The zero-order valence-electron chi connectivity index (χ0n) is 15.5. The average Bonchev–Trinajstić information content (AvgIpc) is 3.08. The normalized spacial score (nSPS) is 15.4. The van der Waals surface area contributed by atoms with Crippen molar-refractivity contribution in [2.24, 2.45) is 0 Å². The van der Waals surface area contributed by atoms with Gasteiger partial charge in [-0.25, -0.2) is 14.4 Å². The second-order valence-electron chi connectivity index (χ2n) is 7.10. The Hall–Kier alpha value is -3.19. The molecule has 1 saturated heterocycles. The van der Waals surface area contributed by atoms with E-state index in [1.54, 1.807) is 24.4 Å². The van der Waals surface area contributed by atoms with Gasteiger partial charge in [-0.3, -0.25) is 0 Å². The van der Waals surface area contributed by atoms with Crippen molar-refractivity contribution in [1.82, 2.24) is 14.9 Å². The standard InChI is InChI=1S/C21H20FN5O/c1-26-7-9-27(10-8-26)14-5-6-19(23-12-14)25-20-11-15-18(13-24-20)28-17-4-2-3-16(22)21(15)17/h2-6,11-13H,7-10H2,1H3,(H,23,24,25). The van der Waals surface area contributed by atoms with Crippen LogP contribution < -0.4 is 10.2 Å². The molecule has 1 aliphatic heterocycles. The maximum atomic E-state index is 14.2. The fourth-order valence-electron chi connectivity index (χ4n) is 3.60. The van der Waals surface area contributed by atoms with Gasteiger partial charge in [0.05, 0.1) is 23.5 Å². The van der Waals surface area contributed by atoms with E-state index in [1.807, 2.05) is 12.3 Å². The molecule has 0 spiro atoms. The number of rotatable bonds is 3. The van der Waals surface area contributed by atoms with E-state index in [0.717, 1.165) is 31.9 Å². The zero-order chi connectivity index (χ0) is 19.1. The number of hydrogen-bond donors (Lipinski definition) is 1. The molecule has 0 unspecified atom stereocenters. The number of anilines is 3. The van der Waals surface area contributed by atoms with E-state index in [4.69, 9.17) is 4.42 Å². The zero-order valence-corrected chi connectivity index (χ0v) is 15.5. The Morgan fingerprint density at radius 1 is 0.964 bits per heavy atom. The summed E-state index contributed by atoms with van der Waals surface area (Å²) in [7, 11) is 2.14. The minimum atomic E-state index is -0.303. The van der Waals surface area contributed by atoms with E-state index in [9.17, 15) is 4.39 Å². The van der Waals surface area contributed by atoms with Crippen LogP contribution in [0.5, 0.6) is 0 Å². The Kier molecular flexibility index (Phi) is 4.09. The summed E-state index contributed by atoms with van der Waals surface area (Å²) in [5.74, 6) is 0.986. The Labute approximate surface area is 161 Å². The predicted molar refractivity (Wildman–Crippen MR) is 109 cm³/mol. The third-order valence-electron chi connectivity index (χ3n) is 5.20. The first-order valence-corrected chi connectivity index (χ1v) is 9.31. The van der Waals surface area contributed by atoms with Crippen molar-refractivity contribution in [1.29, 1.82) is 0 Å². The molecule has 1 aromatic carbocycles. The van der Waals surface area contributed by atoms with Crippen molar-refractivity contribution in [2.75, 3.05) is 43.4 Å². The van der Waals surface area contributed by atoms with Crippen molar-refractivity contribution in [2.45, 2.75) is 0 Å². The van der Waals surface area contributed by atoms with Gasteiger partial charge in [0.25, 0.3) is 0 Å². The number of nitrogens with zero attached hydrogens (tertiary/aromatic N) is 4. The van der Waals surface area contributed by atoms with Crippen LogP contribution in [0.25, 0.3) is 21.9 Å². The van der Waals surface area contributed by atoms with Crippen molar-refractivity contribution in [3.05, 3.63) is 54.6 Å². The summed E-state index contributed by atoms with van der Waals surface area (Å²) < 4.78 is 19.9. The van der Waals surface area contributed by atoms with Crippen LogP contribution in [-0.4, -0.2) is 48.1 Å². The highest BCUT2D eigenvalue weighted by atomic mass is 19.1. The number of piperazine rings is 1. The molecular weight excluding hydrogens is 357 g/mol. The molecule has 0 aliphatic carbocycles. The molecule has 0 bridgehead atoms. The molecule has 1 fully saturated rings. The van der Waals surface area contributed by atoms with Gasteiger partial charge in [0, 0.05) is 31.6 Å². The molecule has 0 amide bonds. The Bertz CT molecular complexity index is 1130. The van der Waals surface area contributed by atoms with Gasteiger partial charge in [-0.1, -0.05) is 6.07 Å². The Balaban J connectivity index is 1.40. The lowest BCUT2D eigenvalue weighted by molar-refractivity contribution is 0.313. The van der Waals surface area contributed by atoms with Gasteiger partial charge in [0.1, 0.15) is 23.0 Å². The molecule has 4 aromatic rings. The largest absolute Gasteiger partial charge is 0.454 e. The lowest BCUT2D eigenvalue weighted by Crippen LogP contribution is -2.44. The molecule has 28 heavy (non-hydrogen) atoms. The second kappa shape index (κ2) is 6.76. The van der Waals surface area contributed by atoms with E-state index < -0.39 is 0 Å². The molecule has 7 heteroatoms. The third-order valence-corrected chi connectivity index (χ3v) is 5.20. The molecular formula is C21H20FN5O. The monoisotopic (exact) mass is 377 g/mol. The quantitative estimate of drug-likeness (QED) is 0.582. The van der Waals surface area contributed by atoms with E-state index in [1.165, 1.54) is 6.07 Å². The minimum absolute atomic E-state index is 0.303. The van der Waals surface area contributed by atoms with E-state index >= 15 is 0 Å². The number of furan rings is 1. The number of aromatic nitrogens is 2. The van der Waals surface area contributed by atoms with Gasteiger partial charge in [0.15, 0.2) is 5.58 Å². The molecule has 0 radical (unpaired) electrons. The predicted octanol–water partition coefficient (Wildman–Crippen LogP) is 4.01. The van der Waals surface area contributed by atoms with Crippen LogP contribution in [0.3, 0.4) is 0 Å². The summed E-state index contributed by atoms with van der Waals surface area (Å²) in [6.45, 7) is 4.11.